The first-order valence-corrected chi connectivity index (χ1v) is 9.37. The van der Waals surface area contributed by atoms with E-state index in [0.717, 1.165) is 11.1 Å². The van der Waals surface area contributed by atoms with Gasteiger partial charge >= 0.3 is 5.69 Å². The third-order valence-electron chi connectivity index (χ3n) is 4.94. The van der Waals surface area contributed by atoms with Crippen molar-refractivity contribution >= 4 is 16.9 Å². The Kier molecular flexibility index (Phi) is 5.24. The maximum Gasteiger partial charge on any atom is 0.323 e. The zero-order valence-corrected chi connectivity index (χ0v) is 15.6. The minimum Gasteiger partial charge on any atom is -0.352 e. The van der Waals surface area contributed by atoms with E-state index in [1.807, 2.05) is 42.5 Å². The first-order chi connectivity index (χ1) is 14.1. The normalized spacial score (nSPS) is 12.0. The molecule has 29 heavy (non-hydrogen) atoms. The summed E-state index contributed by atoms with van der Waals surface area (Å²) in [5.41, 5.74) is 3.39. The van der Waals surface area contributed by atoms with Crippen LogP contribution in [0.4, 0.5) is 4.39 Å². The van der Waals surface area contributed by atoms with Gasteiger partial charge in [-0.05, 0) is 34.9 Å². The average molecular weight is 389 g/mol. The molecule has 0 bridgehead atoms. The molecular weight excluding hydrogens is 369 g/mol. The maximum atomic E-state index is 14.4. The zero-order chi connectivity index (χ0) is 20.2. The van der Waals surface area contributed by atoms with Gasteiger partial charge in [-0.25, -0.2) is 9.18 Å². The number of H-pyrrole nitrogens is 2. The van der Waals surface area contributed by atoms with E-state index in [1.54, 1.807) is 24.3 Å². The fraction of sp³-hybridized carbons (Fsp3) is 0.130. The standard InChI is InChI=1S/C23H20FN3O2/c24-19-9-5-4-8-17(19)18(16-6-2-1-3-7-16)13-22(28)25-14-15-10-11-20-21(12-15)27-23(29)26-20/h1-12,18H,13-14H2,(H,25,28)(H2,26,27,29). The van der Waals surface area contributed by atoms with E-state index >= 15 is 0 Å². The first kappa shape index (κ1) is 18.7. The average Bonchev–Trinajstić information content (AvgIpc) is 3.11. The number of aromatic amines is 2. The van der Waals surface area contributed by atoms with Crippen molar-refractivity contribution in [3.8, 4) is 0 Å². The highest BCUT2D eigenvalue weighted by atomic mass is 19.1. The van der Waals surface area contributed by atoms with Crippen molar-refractivity contribution in [2.45, 2.75) is 18.9 Å². The lowest BCUT2D eigenvalue weighted by molar-refractivity contribution is -0.121. The van der Waals surface area contributed by atoms with Crippen LogP contribution in [0.1, 0.15) is 29.0 Å². The minimum absolute atomic E-state index is 0.133. The van der Waals surface area contributed by atoms with Gasteiger partial charge in [0.25, 0.3) is 0 Å². The second-order valence-corrected chi connectivity index (χ2v) is 6.92. The van der Waals surface area contributed by atoms with Gasteiger partial charge in [-0.1, -0.05) is 54.6 Å². The van der Waals surface area contributed by atoms with Gasteiger partial charge in [0.15, 0.2) is 0 Å². The molecule has 1 heterocycles. The Morgan fingerprint density at radius 1 is 0.931 bits per heavy atom. The minimum atomic E-state index is -0.374. The smallest absolute Gasteiger partial charge is 0.323 e. The van der Waals surface area contributed by atoms with Crippen molar-refractivity contribution in [3.05, 3.63) is 106 Å². The Morgan fingerprint density at radius 2 is 1.66 bits per heavy atom. The van der Waals surface area contributed by atoms with Crippen LogP contribution in [0.5, 0.6) is 0 Å². The van der Waals surface area contributed by atoms with Gasteiger partial charge in [-0.3, -0.25) is 4.79 Å². The SMILES string of the molecule is O=C(CC(c1ccccc1)c1ccccc1F)NCc1ccc2[nH]c(=O)[nH]c2c1. The molecular formula is C23H20FN3O2. The van der Waals surface area contributed by atoms with Gasteiger partial charge in [0.1, 0.15) is 5.82 Å². The highest BCUT2D eigenvalue weighted by Crippen LogP contribution is 2.29. The summed E-state index contributed by atoms with van der Waals surface area (Å²) in [4.78, 5) is 29.4. The molecule has 1 aromatic heterocycles. The van der Waals surface area contributed by atoms with Crippen LogP contribution >= 0.6 is 0 Å². The molecule has 0 saturated heterocycles. The van der Waals surface area contributed by atoms with Crippen LogP contribution in [-0.4, -0.2) is 15.9 Å². The Bertz CT molecular complexity index is 1200. The number of carbonyl (C=O) groups excluding carboxylic acids is 1. The Morgan fingerprint density at radius 3 is 2.45 bits per heavy atom. The van der Waals surface area contributed by atoms with Gasteiger partial charge in [-0.15, -0.1) is 0 Å². The fourth-order valence-electron chi connectivity index (χ4n) is 3.50. The number of hydrogen-bond donors (Lipinski definition) is 3. The quantitative estimate of drug-likeness (QED) is 0.469. The molecule has 3 aromatic carbocycles. The van der Waals surface area contributed by atoms with Crippen LogP contribution in [0.25, 0.3) is 11.0 Å². The molecule has 0 saturated carbocycles. The van der Waals surface area contributed by atoms with Crippen molar-refractivity contribution in [1.82, 2.24) is 15.3 Å². The summed E-state index contributed by atoms with van der Waals surface area (Å²) in [5, 5.41) is 2.90. The van der Waals surface area contributed by atoms with E-state index in [1.165, 1.54) is 6.07 Å². The molecule has 1 atom stereocenters. The maximum absolute atomic E-state index is 14.4. The van der Waals surface area contributed by atoms with E-state index in [-0.39, 0.29) is 29.8 Å². The third-order valence-corrected chi connectivity index (χ3v) is 4.94. The Hall–Kier alpha value is -3.67. The highest BCUT2D eigenvalue weighted by Gasteiger charge is 2.21. The monoisotopic (exact) mass is 389 g/mol. The molecule has 0 fully saturated rings. The number of halogens is 1. The third kappa shape index (κ3) is 4.27. The molecule has 146 valence electrons. The van der Waals surface area contributed by atoms with Crippen LogP contribution in [-0.2, 0) is 11.3 Å². The van der Waals surface area contributed by atoms with Crippen molar-refractivity contribution in [3.63, 3.8) is 0 Å². The molecule has 3 N–H and O–H groups in total. The van der Waals surface area contributed by atoms with Crippen molar-refractivity contribution in [1.29, 1.82) is 0 Å². The molecule has 0 aliphatic rings. The van der Waals surface area contributed by atoms with Gasteiger partial charge in [-0.2, -0.15) is 0 Å². The lowest BCUT2D eigenvalue weighted by Gasteiger charge is -2.18. The fourth-order valence-corrected chi connectivity index (χ4v) is 3.50. The van der Waals surface area contributed by atoms with Crippen LogP contribution in [0.15, 0.2) is 77.6 Å². The predicted molar refractivity (Wildman–Crippen MR) is 110 cm³/mol. The number of benzene rings is 3. The van der Waals surface area contributed by atoms with Crippen molar-refractivity contribution < 1.29 is 9.18 Å². The number of hydrogen-bond acceptors (Lipinski definition) is 2. The summed E-state index contributed by atoms with van der Waals surface area (Å²) < 4.78 is 14.4. The van der Waals surface area contributed by atoms with E-state index in [4.69, 9.17) is 0 Å². The van der Waals surface area contributed by atoms with Crippen LogP contribution < -0.4 is 11.0 Å². The van der Waals surface area contributed by atoms with E-state index in [2.05, 4.69) is 15.3 Å². The number of nitrogens with one attached hydrogen (secondary N) is 3. The zero-order valence-electron chi connectivity index (χ0n) is 15.6. The molecule has 4 aromatic rings. The number of aromatic nitrogens is 2. The summed E-state index contributed by atoms with van der Waals surface area (Å²) in [7, 11) is 0. The van der Waals surface area contributed by atoms with Gasteiger partial charge in [0.05, 0.1) is 11.0 Å². The topological polar surface area (TPSA) is 77.8 Å². The number of imidazole rings is 1. The van der Waals surface area contributed by atoms with Crippen molar-refractivity contribution in [2.24, 2.45) is 0 Å². The largest absolute Gasteiger partial charge is 0.352 e. The van der Waals surface area contributed by atoms with Crippen LogP contribution in [0, 0.1) is 5.82 Å². The first-order valence-electron chi connectivity index (χ1n) is 9.37. The second kappa shape index (κ2) is 8.14. The summed E-state index contributed by atoms with van der Waals surface area (Å²) in [6.45, 7) is 0.320. The van der Waals surface area contributed by atoms with E-state index < -0.39 is 0 Å². The van der Waals surface area contributed by atoms with Crippen LogP contribution in [0.2, 0.25) is 0 Å². The van der Waals surface area contributed by atoms with Crippen molar-refractivity contribution in [2.75, 3.05) is 0 Å². The molecule has 6 heteroatoms. The molecule has 4 rings (SSSR count). The molecule has 5 nitrogen and oxygen atoms in total. The van der Waals surface area contributed by atoms with Gasteiger partial charge in [0, 0.05) is 18.9 Å². The van der Waals surface area contributed by atoms with E-state index in [9.17, 15) is 14.0 Å². The highest BCUT2D eigenvalue weighted by molar-refractivity contribution is 5.78. The summed E-state index contributed by atoms with van der Waals surface area (Å²) >= 11 is 0. The number of rotatable bonds is 6. The lowest BCUT2D eigenvalue weighted by Crippen LogP contribution is -2.25. The molecule has 1 amide bonds. The summed E-state index contributed by atoms with van der Waals surface area (Å²) in [6, 6.07) is 21.5. The number of amides is 1. The van der Waals surface area contributed by atoms with Gasteiger partial charge in [0.2, 0.25) is 5.91 Å². The predicted octanol–water partition coefficient (Wildman–Crippen LogP) is 3.83. The molecule has 0 aliphatic heterocycles. The molecule has 0 spiro atoms. The molecule has 1 unspecified atom stereocenters. The molecule has 0 aliphatic carbocycles. The second-order valence-electron chi connectivity index (χ2n) is 6.92. The lowest BCUT2D eigenvalue weighted by atomic mass is 9.88. The van der Waals surface area contributed by atoms with Gasteiger partial charge < -0.3 is 15.3 Å². The summed E-state index contributed by atoms with van der Waals surface area (Å²) in [6.07, 6.45) is 0.133. The van der Waals surface area contributed by atoms with Crippen LogP contribution in [0.3, 0.4) is 0 Å². The number of carbonyl (C=O) groups is 1. The molecule has 0 radical (unpaired) electrons. The Balaban J connectivity index is 1.50. The van der Waals surface area contributed by atoms with E-state index in [0.29, 0.717) is 23.1 Å². The number of fused-ring (bicyclic) bond motifs is 1. The summed E-state index contributed by atoms with van der Waals surface area (Å²) in [5.74, 6) is -0.873. The Labute approximate surface area is 166 Å².